The minimum atomic E-state index is -0.806. The Morgan fingerprint density at radius 2 is 1.91 bits per heavy atom. The molecule has 2 fully saturated rings. The highest BCUT2D eigenvalue weighted by molar-refractivity contribution is 7.10. The third-order valence-electron chi connectivity index (χ3n) is 5.61. The van der Waals surface area contributed by atoms with Crippen LogP contribution in [0.25, 0.3) is 0 Å². The number of hydrogen-bond donors (Lipinski definition) is 1. The number of carbonyl (C=O) groups is 2. The molecule has 1 aliphatic heterocycles. The van der Waals surface area contributed by atoms with Crippen molar-refractivity contribution in [1.29, 1.82) is 0 Å². The minimum absolute atomic E-state index is 0.159. The zero-order valence-corrected chi connectivity index (χ0v) is 14.5. The standard InChI is InChI=1S/C18H25NO3S/c1-17(16(21)22)8-6-11-19(13-17)15(20)18(9-3-2-4-10-18)14-7-5-12-23-14/h5,7,12H,2-4,6,8-11,13H2,1H3,(H,21,22). The van der Waals surface area contributed by atoms with E-state index in [0.717, 1.165) is 37.0 Å². The number of nitrogens with zero attached hydrogens (tertiary/aromatic N) is 1. The van der Waals surface area contributed by atoms with E-state index in [2.05, 4.69) is 6.07 Å². The van der Waals surface area contributed by atoms with Crippen molar-refractivity contribution in [2.45, 2.75) is 57.3 Å². The summed E-state index contributed by atoms with van der Waals surface area (Å²) < 4.78 is 0. The molecule has 23 heavy (non-hydrogen) atoms. The SMILES string of the molecule is CC1(C(=O)O)CCCN(C(=O)C2(c3cccs3)CCCCC2)C1. The first-order chi connectivity index (χ1) is 11.0. The molecule has 1 aromatic heterocycles. The first-order valence-corrected chi connectivity index (χ1v) is 9.43. The highest BCUT2D eigenvalue weighted by Crippen LogP contribution is 2.44. The fourth-order valence-electron chi connectivity index (χ4n) is 4.16. The van der Waals surface area contributed by atoms with Crippen molar-refractivity contribution in [3.8, 4) is 0 Å². The number of piperidine rings is 1. The van der Waals surface area contributed by atoms with Gasteiger partial charge in [-0.3, -0.25) is 9.59 Å². The van der Waals surface area contributed by atoms with Gasteiger partial charge in [-0.05, 0) is 44.1 Å². The Balaban J connectivity index is 1.88. The lowest BCUT2D eigenvalue weighted by molar-refractivity contribution is -0.155. The zero-order valence-electron chi connectivity index (χ0n) is 13.7. The van der Waals surface area contributed by atoms with E-state index in [4.69, 9.17) is 0 Å². The Hall–Kier alpha value is -1.36. The Morgan fingerprint density at radius 1 is 1.17 bits per heavy atom. The molecule has 0 spiro atoms. The molecule has 0 radical (unpaired) electrons. The van der Waals surface area contributed by atoms with E-state index in [0.29, 0.717) is 19.5 Å². The van der Waals surface area contributed by atoms with Gasteiger partial charge in [0.25, 0.3) is 0 Å². The molecule has 0 aromatic carbocycles. The van der Waals surface area contributed by atoms with Crippen molar-refractivity contribution in [2.24, 2.45) is 5.41 Å². The lowest BCUT2D eigenvalue weighted by Crippen LogP contribution is -2.54. The number of carboxylic acid groups (broad SMARTS) is 1. The van der Waals surface area contributed by atoms with Crippen LogP contribution < -0.4 is 0 Å². The number of aliphatic carboxylic acids is 1. The number of thiophene rings is 1. The monoisotopic (exact) mass is 335 g/mol. The molecule has 1 aromatic rings. The van der Waals surface area contributed by atoms with Crippen LogP contribution in [0.2, 0.25) is 0 Å². The average Bonchev–Trinajstić information content (AvgIpc) is 3.10. The molecule has 1 N–H and O–H groups in total. The van der Waals surface area contributed by atoms with Crippen LogP contribution >= 0.6 is 11.3 Å². The van der Waals surface area contributed by atoms with Gasteiger partial charge in [0.2, 0.25) is 5.91 Å². The second-order valence-electron chi connectivity index (χ2n) is 7.32. The van der Waals surface area contributed by atoms with E-state index in [1.165, 1.54) is 6.42 Å². The Kier molecular flexibility index (Phi) is 4.50. The van der Waals surface area contributed by atoms with Gasteiger partial charge < -0.3 is 10.0 Å². The average molecular weight is 335 g/mol. The van der Waals surface area contributed by atoms with E-state index in [9.17, 15) is 14.7 Å². The first kappa shape index (κ1) is 16.5. The maximum Gasteiger partial charge on any atom is 0.311 e. The number of hydrogen-bond acceptors (Lipinski definition) is 3. The Bertz CT molecular complexity index is 577. The molecule has 2 aliphatic rings. The first-order valence-electron chi connectivity index (χ1n) is 8.55. The van der Waals surface area contributed by atoms with E-state index in [-0.39, 0.29) is 5.91 Å². The summed E-state index contributed by atoms with van der Waals surface area (Å²) in [5, 5.41) is 11.6. The van der Waals surface area contributed by atoms with E-state index >= 15 is 0 Å². The van der Waals surface area contributed by atoms with Gasteiger partial charge in [-0.15, -0.1) is 11.3 Å². The number of carbonyl (C=O) groups excluding carboxylic acids is 1. The van der Waals surface area contributed by atoms with Gasteiger partial charge in [-0.1, -0.05) is 25.3 Å². The number of carboxylic acids is 1. The molecule has 1 unspecified atom stereocenters. The van der Waals surface area contributed by atoms with Crippen molar-refractivity contribution < 1.29 is 14.7 Å². The lowest BCUT2D eigenvalue weighted by Gasteiger charge is -2.44. The van der Waals surface area contributed by atoms with E-state index in [1.807, 2.05) is 16.3 Å². The van der Waals surface area contributed by atoms with Crippen molar-refractivity contribution >= 4 is 23.2 Å². The molecule has 1 saturated carbocycles. The Labute approximate surface area is 141 Å². The minimum Gasteiger partial charge on any atom is -0.481 e. The summed E-state index contributed by atoms with van der Waals surface area (Å²) in [6, 6.07) is 4.09. The predicted octanol–water partition coefficient (Wildman–Crippen LogP) is 3.66. The Morgan fingerprint density at radius 3 is 2.52 bits per heavy atom. The maximum absolute atomic E-state index is 13.4. The van der Waals surface area contributed by atoms with Crippen LogP contribution in [0.4, 0.5) is 0 Å². The molecular weight excluding hydrogens is 310 g/mol. The molecule has 1 aliphatic carbocycles. The van der Waals surface area contributed by atoms with E-state index < -0.39 is 16.8 Å². The van der Waals surface area contributed by atoms with Crippen LogP contribution in [-0.2, 0) is 15.0 Å². The number of rotatable bonds is 3. The van der Waals surface area contributed by atoms with Crippen LogP contribution in [0.3, 0.4) is 0 Å². The summed E-state index contributed by atoms with van der Waals surface area (Å²) in [7, 11) is 0. The normalized spacial score (nSPS) is 27.6. The number of amides is 1. The molecule has 1 amide bonds. The summed E-state index contributed by atoms with van der Waals surface area (Å²) in [6.45, 7) is 2.80. The summed E-state index contributed by atoms with van der Waals surface area (Å²) in [4.78, 5) is 28.0. The highest BCUT2D eigenvalue weighted by Gasteiger charge is 2.47. The fraction of sp³-hybridized carbons (Fsp3) is 0.667. The van der Waals surface area contributed by atoms with Crippen molar-refractivity contribution in [3.05, 3.63) is 22.4 Å². The summed E-state index contributed by atoms with van der Waals surface area (Å²) in [5.41, 5.74) is -1.22. The summed E-state index contributed by atoms with van der Waals surface area (Å²) in [6.07, 6.45) is 6.56. The quantitative estimate of drug-likeness (QED) is 0.917. The van der Waals surface area contributed by atoms with Crippen LogP contribution in [0, 0.1) is 5.41 Å². The molecule has 5 heteroatoms. The van der Waals surface area contributed by atoms with Gasteiger partial charge in [0, 0.05) is 18.0 Å². The lowest BCUT2D eigenvalue weighted by atomic mass is 9.71. The molecule has 4 nitrogen and oxygen atoms in total. The van der Waals surface area contributed by atoms with Gasteiger partial charge in [-0.2, -0.15) is 0 Å². The van der Waals surface area contributed by atoms with Crippen molar-refractivity contribution in [3.63, 3.8) is 0 Å². The van der Waals surface area contributed by atoms with Gasteiger partial charge in [0.15, 0.2) is 0 Å². The zero-order chi connectivity index (χ0) is 16.5. The van der Waals surface area contributed by atoms with Crippen LogP contribution in [0.1, 0.15) is 56.7 Å². The summed E-state index contributed by atoms with van der Waals surface area (Å²) >= 11 is 1.66. The van der Waals surface area contributed by atoms with Crippen LogP contribution in [-0.4, -0.2) is 35.0 Å². The van der Waals surface area contributed by atoms with E-state index in [1.54, 1.807) is 18.3 Å². The van der Waals surface area contributed by atoms with Crippen molar-refractivity contribution in [2.75, 3.05) is 13.1 Å². The van der Waals surface area contributed by atoms with Gasteiger partial charge in [-0.25, -0.2) is 0 Å². The molecule has 1 atom stereocenters. The molecule has 126 valence electrons. The van der Waals surface area contributed by atoms with Crippen molar-refractivity contribution in [1.82, 2.24) is 4.90 Å². The second kappa shape index (κ2) is 6.27. The number of likely N-dealkylation sites (tertiary alicyclic amines) is 1. The van der Waals surface area contributed by atoms with Gasteiger partial charge in [0.05, 0.1) is 10.8 Å². The third-order valence-corrected chi connectivity index (χ3v) is 6.68. The van der Waals surface area contributed by atoms with Gasteiger partial charge >= 0.3 is 5.97 Å². The third kappa shape index (κ3) is 2.91. The fourth-order valence-corrected chi connectivity index (χ4v) is 5.14. The highest BCUT2D eigenvalue weighted by atomic mass is 32.1. The smallest absolute Gasteiger partial charge is 0.311 e. The largest absolute Gasteiger partial charge is 0.481 e. The summed E-state index contributed by atoms with van der Waals surface area (Å²) in [5.74, 6) is -0.629. The van der Waals surface area contributed by atoms with Crippen LogP contribution in [0.15, 0.2) is 17.5 Å². The van der Waals surface area contributed by atoms with Crippen LogP contribution in [0.5, 0.6) is 0 Å². The molecule has 2 heterocycles. The molecule has 3 rings (SSSR count). The molecular formula is C18H25NO3S. The molecule has 0 bridgehead atoms. The van der Waals surface area contributed by atoms with Gasteiger partial charge in [0.1, 0.15) is 0 Å². The topological polar surface area (TPSA) is 57.6 Å². The second-order valence-corrected chi connectivity index (χ2v) is 8.26. The molecule has 1 saturated heterocycles. The predicted molar refractivity (Wildman–Crippen MR) is 90.6 cm³/mol. The maximum atomic E-state index is 13.4.